The topological polar surface area (TPSA) is 122 Å². The number of alkyl carbamates (subject to hydrolysis) is 1. The number of carbonyl (C=O) groups excluding carboxylic acids is 3. The van der Waals surface area contributed by atoms with Gasteiger partial charge in [-0.25, -0.2) is 9.59 Å². The van der Waals surface area contributed by atoms with E-state index in [0.29, 0.717) is 50.3 Å². The summed E-state index contributed by atoms with van der Waals surface area (Å²) in [5.41, 5.74) is 0.825. The molecule has 32 heavy (non-hydrogen) atoms. The number of hydrogen-bond acceptors (Lipinski definition) is 7. The first kappa shape index (κ1) is 25.5. The van der Waals surface area contributed by atoms with Crippen molar-refractivity contribution in [3.63, 3.8) is 0 Å². The van der Waals surface area contributed by atoms with Crippen LogP contribution >= 0.6 is 11.8 Å². The second kappa shape index (κ2) is 12.9. The van der Waals surface area contributed by atoms with Gasteiger partial charge in [-0.15, -0.1) is 0 Å². The number of amides is 2. The number of ether oxygens (including phenoxy) is 2. The molecule has 176 valence electrons. The van der Waals surface area contributed by atoms with Crippen LogP contribution in [0.3, 0.4) is 0 Å². The zero-order valence-electron chi connectivity index (χ0n) is 18.4. The van der Waals surface area contributed by atoms with Gasteiger partial charge in [0, 0.05) is 31.7 Å². The number of nitrogens with zero attached hydrogens (tertiary/aromatic N) is 1. The number of likely N-dealkylation sites (tertiary alicyclic amines) is 1. The van der Waals surface area contributed by atoms with Crippen LogP contribution in [0, 0.1) is 5.92 Å². The van der Waals surface area contributed by atoms with Crippen molar-refractivity contribution < 1.29 is 33.8 Å². The molecule has 1 fully saturated rings. The summed E-state index contributed by atoms with van der Waals surface area (Å²) in [6, 6.07) is 6.36. The van der Waals surface area contributed by atoms with Crippen molar-refractivity contribution in [2.24, 2.45) is 5.92 Å². The maximum absolute atomic E-state index is 12.9. The van der Waals surface area contributed by atoms with E-state index in [2.05, 4.69) is 5.32 Å². The van der Waals surface area contributed by atoms with Gasteiger partial charge in [-0.1, -0.05) is 23.9 Å². The molecule has 2 rings (SSSR count). The third-order valence-corrected chi connectivity index (χ3v) is 6.16. The van der Waals surface area contributed by atoms with E-state index in [1.165, 1.54) is 11.8 Å². The molecule has 9 nitrogen and oxygen atoms in total. The summed E-state index contributed by atoms with van der Waals surface area (Å²) < 4.78 is 10.3. The molecule has 0 saturated carbocycles. The summed E-state index contributed by atoms with van der Waals surface area (Å²) in [6.07, 6.45) is 1.46. The number of benzene rings is 1. The molecular weight excluding hydrogens is 436 g/mol. The minimum absolute atomic E-state index is 0.0979. The maximum Gasteiger partial charge on any atom is 0.407 e. The van der Waals surface area contributed by atoms with Crippen LogP contribution in [0.25, 0.3) is 0 Å². The Kier molecular flexibility index (Phi) is 10.3. The van der Waals surface area contributed by atoms with Crippen molar-refractivity contribution in [3.05, 3.63) is 29.8 Å². The predicted molar refractivity (Wildman–Crippen MR) is 119 cm³/mol. The van der Waals surface area contributed by atoms with Gasteiger partial charge in [0.1, 0.15) is 18.4 Å². The second-order valence-electron chi connectivity index (χ2n) is 7.52. The van der Waals surface area contributed by atoms with E-state index in [0.717, 1.165) is 17.3 Å². The highest BCUT2D eigenvalue weighted by atomic mass is 32.2. The number of nitrogens with one attached hydrogen (secondary N) is 1. The number of carboxylic acid groups (broad SMARTS) is 1. The van der Waals surface area contributed by atoms with Crippen molar-refractivity contribution in [3.8, 4) is 5.75 Å². The molecule has 1 heterocycles. The standard InChI is InChI=1S/C22H30N2O7S/c1-15(25)32-14-17(20(26)24-12-4-6-19(24)21(27)28)5-3-11-23-22(29)31-13-16-7-9-18(30-2)10-8-16/h7-10,17,19H,3-6,11-14H2,1-2H3,(H,23,29)(H,27,28)/t17?,19-/m0/s1. The first-order chi connectivity index (χ1) is 15.3. The van der Waals surface area contributed by atoms with Crippen LogP contribution < -0.4 is 10.1 Å². The molecule has 0 aromatic heterocycles. The Morgan fingerprint density at radius 2 is 1.97 bits per heavy atom. The molecule has 1 aromatic rings. The summed E-state index contributed by atoms with van der Waals surface area (Å²) in [7, 11) is 1.57. The van der Waals surface area contributed by atoms with Crippen LogP contribution in [0.2, 0.25) is 0 Å². The lowest BCUT2D eigenvalue weighted by atomic mass is 10.0. The Morgan fingerprint density at radius 1 is 1.25 bits per heavy atom. The van der Waals surface area contributed by atoms with Gasteiger partial charge in [0.2, 0.25) is 5.91 Å². The minimum atomic E-state index is -1.00. The highest BCUT2D eigenvalue weighted by molar-refractivity contribution is 8.13. The van der Waals surface area contributed by atoms with E-state index in [4.69, 9.17) is 9.47 Å². The largest absolute Gasteiger partial charge is 0.497 e. The molecule has 0 bridgehead atoms. The second-order valence-corrected chi connectivity index (χ2v) is 8.72. The fourth-order valence-corrected chi connectivity index (χ4v) is 4.22. The number of carboxylic acids is 1. The Hall–Kier alpha value is -2.75. The first-order valence-corrected chi connectivity index (χ1v) is 11.5. The Balaban J connectivity index is 1.78. The average molecular weight is 467 g/mol. The molecule has 1 unspecified atom stereocenters. The van der Waals surface area contributed by atoms with E-state index in [1.54, 1.807) is 31.4 Å². The fraction of sp³-hybridized carbons (Fsp3) is 0.545. The van der Waals surface area contributed by atoms with Crippen LogP contribution in [-0.4, -0.2) is 65.1 Å². The van der Waals surface area contributed by atoms with E-state index >= 15 is 0 Å². The predicted octanol–water partition coefficient (Wildman–Crippen LogP) is 2.67. The third kappa shape index (κ3) is 8.07. The van der Waals surface area contributed by atoms with Crippen LogP contribution in [0.1, 0.15) is 38.2 Å². The minimum Gasteiger partial charge on any atom is -0.497 e. The number of methoxy groups -OCH3 is 1. The summed E-state index contributed by atoms with van der Waals surface area (Å²) in [6.45, 7) is 2.27. The molecule has 0 spiro atoms. The number of rotatable bonds is 11. The Morgan fingerprint density at radius 3 is 2.59 bits per heavy atom. The highest BCUT2D eigenvalue weighted by Gasteiger charge is 2.36. The Bertz CT molecular complexity index is 800. The summed E-state index contributed by atoms with van der Waals surface area (Å²) in [4.78, 5) is 49.0. The molecule has 1 aliphatic heterocycles. The molecule has 2 N–H and O–H groups in total. The van der Waals surface area contributed by atoms with Crippen molar-refractivity contribution in [2.45, 2.75) is 45.3 Å². The van der Waals surface area contributed by atoms with Crippen molar-refractivity contribution >= 4 is 34.8 Å². The molecule has 10 heteroatoms. The van der Waals surface area contributed by atoms with E-state index in [9.17, 15) is 24.3 Å². The lowest BCUT2D eigenvalue weighted by Crippen LogP contribution is -2.44. The maximum atomic E-state index is 12.9. The lowest BCUT2D eigenvalue weighted by Gasteiger charge is -2.26. The number of hydrogen-bond donors (Lipinski definition) is 2. The summed E-state index contributed by atoms with van der Waals surface area (Å²) in [5.74, 6) is -0.727. The van der Waals surface area contributed by atoms with Crippen molar-refractivity contribution in [2.75, 3.05) is 26.0 Å². The van der Waals surface area contributed by atoms with E-state index in [-0.39, 0.29) is 17.6 Å². The molecule has 1 saturated heterocycles. The lowest BCUT2D eigenvalue weighted by molar-refractivity contribution is -0.149. The number of carbonyl (C=O) groups is 4. The summed E-state index contributed by atoms with van der Waals surface area (Å²) >= 11 is 1.05. The molecule has 2 atom stereocenters. The summed E-state index contributed by atoms with van der Waals surface area (Å²) in [5, 5.41) is 11.9. The molecule has 1 aliphatic rings. The fourth-order valence-electron chi connectivity index (χ4n) is 3.48. The normalized spacial score (nSPS) is 16.3. The van der Waals surface area contributed by atoms with Gasteiger partial charge in [-0.2, -0.15) is 0 Å². The van der Waals surface area contributed by atoms with Gasteiger partial charge in [0.05, 0.1) is 7.11 Å². The molecular formula is C22H30N2O7S. The monoisotopic (exact) mass is 466 g/mol. The average Bonchev–Trinajstić information content (AvgIpc) is 3.27. The van der Waals surface area contributed by atoms with Crippen molar-refractivity contribution in [1.29, 1.82) is 0 Å². The third-order valence-electron chi connectivity index (χ3n) is 5.19. The van der Waals surface area contributed by atoms with Gasteiger partial charge < -0.3 is 24.8 Å². The van der Waals surface area contributed by atoms with E-state index in [1.807, 2.05) is 0 Å². The molecule has 0 aliphatic carbocycles. The van der Waals surface area contributed by atoms with Crippen LogP contribution in [0.4, 0.5) is 4.79 Å². The molecule has 2 amide bonds. The van der Waals surface area contributed by atoms with Gasteiger partial charge in [0.25, 0.3) is 0 Å². The zero-order valence-corrected chi connectivity index (χ0v) is 19.2. The SMILES string of the molecule is COc1ccc(COC(=O)NCCCC(CSC(C)=O)C(=O)N2CCC[C@H]2C(=O)O)cc1. The number of aliphatic carboxylic acids is 1. The van der Waals surface area contributed by atoms with Crippen LogP contribution in [0.15, 0.2) is 24.3 Å². The van der Waals surface area contributed by atoms with E-state index < -0.39 is 24.0 Å². The first-order valence-electron chi connectivity index (χ1n) is 10.5. The highest BCUT2D eigenvalue weighted by Crippen LogP contribution is 2.24. The molecule has 0 radical (unpaired) electrons. The molecule has 1 aromatic carbocycles. The van der Waals surface area contributed by atoms with Gasteiger partial charge in [0.15, 0.2) is 5.12 Å². The van der Waals surface area contributed by atoms with Gasteiger partial charge >= 0.3 is 12.1 Å². The number of thioether (sulfide) groups is 1. The van der Waals surface area contributed by atoms with Gasteiger partial charge in [-0.05, 0) is 43.4 Å². The van der Waals surface area contributed by atoms with Crippen LogP contribution in [-0.2, 0) is 25.7 Å². The zero-order chi connectivity index (χ0) is 23.5. The van der Waals surface area contributed by atoms with Gasteiger partial charge in [-0.3, -0.25) is 9.59 Å². The van der Waals surface area contributed by atoms with Crippen molar-refractivity contribution in [1.82, 2.24) is 10.2 Å². The Labute approximate surface area is 191 Å². The van der Waals surface area contributed by atoms with Crippen LogP contribution in [0.5, 0.6) is 5.75 Å². The quantitative estimate of drug-likeness (QED) is 0.477. The smallest absolute Gasteiger partial charge is 0.407 e.